The van der Waals surface area contributed by atoms with Crippen molar-refractivity contribution in [2.24, 2.45) is 0 Å². The number of aryl methyl sites for hydroxylation is 1. The van der Waals surface area contributed by atoms with Crippen LogP contribution in [0.25, 0.3) is 0 Å². The van der Waals surface area contributed by atoms with Crippen LogP contribution in [0.3, 0.4) is 0 Å². The SMILES string of the molecule is Cc1ccc(CC2(O)CC3CCC(C2)N3C)c(F)c1F. The summed E-state index contributed by atoms with van der Waals surface area (Å²) in [6.45, 7) is 1.55. The average molecular weight is 281 g/mol. The Morgan fingerprint density at radius 2 is 1.80 bits per heavy atom. The van der Waals surface area contributed by atoms with E-state index in [4.69, 9.17) is 0 Å². The number of piperidine rings is 1. The predicted octanol–water partition coefficient (Wildman–Crippen LogP) is 2.80. The average Bonchev–Trinajstić information content (AvgIpc) is 2.63. The van der Waals surface area contributed by atoms with Crippen molar-refractivity contribution in [1.82, 2.24) is 4.90 Å². The Kier molecular flexibility index (Phi) is 3.33. The molecule has 20 heavy (non-hydrogen) atoms. The Morgan fingerprint density at radius 3 is 2.40 bits per heavy atom. The summed E-state index contributed by atoms with van der Waals surface area (Å²) in [6, 6.07) is 3.93. The summed E-state index contributed by atoms with van der Waals surface area (Å²) in [6.07, 6.45) is 3.68. The second kappa shape index (κ2) is 4.78. The molecule has 1 N–H and O–H groups in total. The Hall–Kier alpha value is -1.00. The molecule has 2 nitrogen and oxygen atoms in total. The number of benzene rings is 1. The summed E-state index contributed by atoms with van der Waals surface area (Å²) in [7, 11) is 2.09. The second-order valence-electron chi connectivity index (χ2n) is 6.53. The van der Waals surface area contributed by atoms with Crippen molar-refractivity contribution < 1.29 is 13.9 Å². The molecular weight excluding hydrogens is 260 g/mol. The molecule has 3 rings (SSSR count). The van der Waals surface area contributed by atoms with Gasteiger partial charge in [0.1, 0.15) is 0 Å². The summed E-state index contributed by atoms with van der Waals surface area (Å²) in [5.74, 6) is -1.59. The zero-order valence-corrected chi connectivity index (χ0v) is 12.0. The number of hydrogen-bond acceptors (Lipinski definition) is 2. The van der Waals surface area contributed by atoms with Gasteiger partial charge in [-0.25, -0.2) is 8.78 Å². The molecule has 1 aromatic carbocycles. The van der Waals surface area contributed by atoms with Gasteiger partial charge in [0, 0.05) is 18.5 Å². The van der Waals surface area contributed by atoms with Crippen LogP contribution in [-0.4, -0.2) is 34.7 Å². The van der Waals surface area contributed by atoms with Gasteiger partial charge in [0.05, 0.1) is 5.60 Å². The summed E-state index contributed by atoms with van der Waals surface area (Å²) in [4.78, 5) is 2.32. The molecule has 1 aromatic rings. The highest BCUT2D eigenvalue weighted by molar-refractivity contribution is 5.27. The molecule has 2 aliphatic heterocycles. The number of halogens is 2. The van der Waals surface area contributed by atoms with E-state index >= 15 is 0 Å². The van der Waals surface area contributed by atoms with Crippen molar-refractivity contribution in [2.75, 3.05) is 7.05 Å². The fraction of sp³-hybridized carbons (Fsp3) is 0.625. The third-order valence-electron chi connectivity index (χ3n) is 5.09. The van der Waals surface area contributed by atoms with Gasteiger partial charge in [0.15, 0.2) is 11.6 Å². The van der Waals surface area contributed by atoms with Crippen LogP contribution in [0, 0.1) is 18.6 Å². The molecular formula is C16H21F2NO. The van der Waals surface area contributed by atoms with E-state index in [2.05, 4.69) is 11.9 Å². The molecule has 2 heterocycles. The predicted molar refractivity (Wildman–Crippen MR) is 73.6 cm³/mol. The summed E-state index contributed by atoms with van der Waals surface area (Å²) in [5.41, 5.74) is -0.304. The molecule has 2 saturated heterocycles. The van der Waals surface area contributed by atoms with Crippen LogP contribution in [0.1, 0.15) is 36.8 Å². The highest BCUT2D eigenvalue weighted by atomic mass is 19.2. The minimum absolute atomic E-state index is 0.205. The lowest BCUT2D eigenvalue weighted by Gasteiger charge is -2.42. The lowest BCUT2D eigenvalue weighted by Crippen LogP contribution is -2.50. The first-order valence-electron chi connectivity index (χ1n) is 7.27. The fourth-order valence-electron chi connectivity index (χ4n) is 3.86. The van der Waals surface area contributed by atoms with Gasteiger partial charge >= 0.3 is 0 Å². The van der Waals surface area contributed by atoms with Gasteiger partial charge in [-0.2, -0.15) is 0 Å². The van der Waals surface area contributed by atoms with Gasteiger partial charge in [-0.1, -0.05) is 12.1 Å². The monoisotopic (exact) mass is 281 g/mol. The molecule has 2 atom stereocenters. The van der Waals surface area contributed by atoms with E-state index in [-0.39, 0.29) is 6.42 Å². The van der Waals surface area contributed by atoms with Crippen LogP contribution in [-0.2, 0) is 6.42 Å². The van der Waals surface area contributed by atoms with Crippen LogP contribution in [0.4, 0.5) is 8.78 Å². The van der Waals surface area contributed by atoms with Gasteiger partial charge in [-0.3, -0.25) is 0 Å². The van der Waals surface area contributed by atoms with E-state index < -0.39 is 17.2 Å². The van der Waals surface area contributed by atoms with Crippen molar-refractivity contribution in [3.8, 4) is 0 Å². The van der Waals surface area contributed by atoms with E-state index in [1.165, 1.54) is 0 Å². The van der Waals surface area contributed by atoms with Crippen molar-refractivity contribution >= 4 is 0 Å². The van der Waals surface area contributed by atoms with Crippen molar-refractivity contribution in [2.45, 2.75) is 56.7 Å². The Morgan fingerprint density at radius 1 is 1.20 bits per heavy atom. The van der Waals surface area contributed by atoms with Crippen molar-refractivity contribution in [1.29, 1.82) is 0 Å². The molecule has 110 valence electrons. The van der Waals surface area contributed by atoms with Crippen LogP contribution in [0.15, 0.2) is 12.1 Å². The zero-order valence-electron chi connectivity index (χ0n) is 12.0. The molecule has 0 spiro atoms. The van der Waals surface area contributed by atoms with Crippen LogP contribution < -0.4 is 0 Å². The highest BCUT2D eigenvalue weighted by Gasteiger charge is 2.46. The maximum absolute atomic E-state index is 14.0. The molecule has 2 bridgehead atoms. The summed E-state index contributed by atoms with van der Waals surface area (Å²) < 4.78 is 27.6. The topological polar surface area (TPSA) is 23.5 Å². The molecule has 4 heteroatoms. The molecule has 0 radical (unpaired) electrons. The second-order valence-corrected chi connectivity index (χ2v) is 6.53. The lowest BCUT2D eigenvalue weighted by atomic mass is 9.81. The zero-order chi connectivity index (χ0) is 14.5. The molecule has 0 aliphatic carbocycles. The Labute approximate surface area is 118 Å². The lowest BCUT2D eigenvalue weighted by molar-refractivity contribution is -0.0442. The van der Waals surface area contributed by atoms with E-state index in [0.29, 0.717) is 36.1 Å². The first kappa shape index (κ1) is 14.0. The first-order chi connectivity index (χ1) is 9.39. The standard InChI is InChI=1S/C16H21F2NO/c1-10-3-4-11(15(18)14(10)17)7-16(20)8-12-5-6-13(9-16)19(12)2/h3-4,12-13,20H,5-9H2,1-2H3. The maximum atomic E-state index is 14.0. The number of fused-ring (bicyclic) bond motifs is 2. The van der Waals surface area contributed by atoms with E-state index in [1.54, 1.807) is 19.1 Å². The van der Waals surface area contributed by atoms with E-state index in [1.807, 2.05) is 0 Å². The molecule has 2 fully saturated rings. The number of aliphatic hydroxyl groups is 1. The van der Waals surface area contributed by atoms with Gasteiger partial charge in [0.25, 0.3) is 0 Å². The van der Waals surface area contributed by atoms with Crippen LogP contribution >= 0.6 is 0 Å². The van der Waals surface area contributed by atoms with Crippen molar-refractivity contribution in [3.05, 3.63) is 34.9 Å². The molecule has 2 aliphatic rings. The first-order valence-corrected chi connectivity index (χ1v) is 7.27. The van der Waals surface area contributed by atoms with Crippen LogP contribution in [0.5, 0.6) is 0 Å². The summed E-state index contributed by atoms with van der Waals surface area (Å²) in [5, 5.41) is 10.8. The van der Waals surface area contributed by atoms with Gasteiger partial charge in [0.2, 0.25) is 0 Å². The van der Waals surface area contributed by atoms with Crippen LogP contribution in [0.2, 0.25) is 0 Å². The van der Waals surface area contributed by atoms with Gasteiger partial charge in [-0.15, -0.1) is 0 Å². The van der Waals surface area contributed by atoms with Crippen molar-refractivity contribution in [3.63, 3.8) is 0 Å². The minimum atomic E-state index is -0.902. The smallest absolute Gasteiger partial charge is 0.162 e. The normalized spacial score (nSPS) is 33.6. The Bertz CT molecular complexity index is 517. The quantitative estimate of drug-likeness (QED) is 0.901. The minimum Gasteiger partial charge on any atom is -0.389 e. The largest absolute Gasteiger partial charge is 0.389 e. The van der Waals surface area contributed by atoms with Gasteiger partial charge < -0.3 is 10.0 Å². The molecule has 0 aromatic heterocycles. The number of nitrogens with zero attached hydrogens (tertiary/aromatic N) is 1. The summed E-state index contributed by atoms with van der Waals surface area (Å²) >= 11 is 0. The highest BCUT2D eigenvalue weighted by Crippen LogP contribution is 2.41. The maximum Gasteiger partial charge on any atom is 0.162 e. The van der Waals surface area contributed by atoms with E-state index in [0.717, 1.165) is 12.8 Å². The number of rotatable bonds is 2. The Balaban J connectivity index is 1.83. The molecule has 0 amide bonds. The molecule has 2 unspecified atom stereocenters. The van der Waals surface area contributed by atoms with E-state index in [9.17, 15) is 13.9 Å². The third kappa shape index (κ3) is 2.25. The fourth-order valence-corrected chi connectivity index (χ4v) is 3.86. The third-order valence-corrected chi connectivity index (χ3v) is 5.09. The molecule has 0 saturated carbocycles. The number of hydrogen-bond donors (Lipinski definition) is 1. The van der Waals surface area contributed by atoms with Gasteiger partial charge in [-0.05, 0) is 50.8 Å².